The average Bonchev–Trinajstić information content (AvgIpc) is 3.13. The molecule has 6 nitrogen and oxygen atoms in total. The minimum absolute atomic E-state index is 0.0222. The van der Waals surface area contributed by atoms with E-state index in [4.69, 9.17) is 14.7 Å². The van der Waals surface area contributed by atoms with E-state index in [1.165, 1.54) is 0 Å². The van der Waals surface area contributed by atoms with E-state index in [0.717, 1.165) is 30.8 Å². The van der Waals surface area contributed by atoms with Crippen LogP contribution in [0.3, 0.4) is 0 Å². The lowest BCUT2D eigenvalue weighted by Crippen LogP contribution is -2.21. The maximum atomic E-state index is 12.4. The SMILES string of the molecule is COc1cc(C(C)CC(=O)Nc2ccc(C#N)cc2)ccc1OC1CCN(C)C1. The summed E-state index contributed by atoms with van der Waals surface area (Å²) in [5, 5.41) is 11.7. The molecule has 0 saturated carbocycles. The average molecular weight is 393 g/mol. The number of methoxy groups -OCH3 is 1. The van der Waals surface area contributed by atoms with Crippen molar-refractivity contribution in [3.63, 3.8) is 0 Å². The van der Waals surface area contributed by atoms with Gasteiger partial charge >= 0.3 is 0 Å². The third-order valence-corrected chi connectivity index (χ3v) is 5.19. The molecule has 1 saturated heterocycles. The van der Waals surface area contributed by atoms with Crippen LogP contribution in [-0.2, 0) is 4.79 Å². The first-order chi connectivity index (χ1) is 14.0. The highest BCUT2D eigenvalue weighted by Gasteiger charge is 2.22. The summed E-state index contributed by atoms with van der Waals surface area (Å²) in [4.78, 5) is 14.6. The van der Waals surface area contributed by atoms with Gasteiger partial charge in [0.05, 0.1) is 18.7 Å². The molecule has 1 N–H and O–H groups in total. The predicted octanol–water partition coefficient (Wildman–Crippen LogP) is 3.78. The highest BCUT2D eigenvalue weighted by molar-refractivity contribution is 5.91. The topological polar surface area (TPSA) is 74.6 Å². The molecule has 6 heteroatoms. The summed E-state index contributed by atoms with van der Waals surface area (Å²) in [7, 11) is 3.73. The van der Waals surface area contributed by atoms with Crippen LogP contribution in [0, 0.1) is 11.3 Å². The number of nitriles is 1. The van der Waals surface area contributed by atoms with Crippen molar-refractivity contribution < 1.29 is 14.3 Å². The maximum absolute atomic E-state index is 12.4. The summed E-state index contributed by atoms with van der Waals surface area (Å²) in [5.74, 6) is 1.38. The van der Waals surface area contributed by atoms with Crippen molar-refractivity contribution in [2.45, 2.75) is 31.8 Å². The van der Waals surface area contributed by atoms with Crippen LogP contribution in [-0.4, -0.2) is 44.2 Å². The zero-order valence-corrected chi connectivity index (χ0v) is 17.1. The molecule has 29 heavy (non-hydrogen) atoms. The standard InChI is InChI=1S/C23H27N3O3/c1-16(12-23(27)25-19-7-4-17(14-24)5-8-19)18-6-9-21(22(13-18)28-3)29-20-10-11-26(2)15-20/h4-9,13,16,20H,10-12,15H2,1-3H3,(H,25,27). The van der Waals surface area contributed by atoms with Gasteiger partial charge in [-0.05, 0) is 61.3 Å². The molecule has 2 aromatic rings. The van der Waals surface area contributed by atoms with Gasteiger partial charge in [0.15, 0.2) is 11.5 Å². The van der Waals surface area contributed by atoms with E-state index in [1.807, 2.05) is 25.1 Å². The number of hydrogen-bond acceptors (Lipinski definition) is 5. The molecule has 2 aromatic carbocycles. The highest BCUT2D eigenvalue weighted by Crippen LogP contribution is 2.33. The zero-order chi connectivity index (χ0) is 20.8. The van der Waals surface area contributed by atoms with Gasteiger partial charge in [0.1, 0.15) is 6.10 Å². The molecule has 152 valence electrons. The van der Waals surface area contributed by atoms with Crippen LogP contribution < -0.4 is 14.8 Å². The van der Waals surface area contributed by atoms with E-state index < -0.39 is 0 Å². The fourth-order valence-corrected chi connectivity index (χ4v) is 3.49. The summed E-state index contributed by atoms with van der Waals surface area (Å²) in [5.41, 5.74) is 2.27. The number of anilines is 1. The van der Waals surface area contributed by atoms with Crippen molar-refractivity contribution in [1.29, 1.82) is 5.26 Å². The minimum Gasteiger partial charge on any atom is -0.493 e. The van der Waals surface area contributed by atoms with E-state index in [1.54, 1.807) is 31.4 Å². The molecule has 1 amide bonds. The molecule has 0 aromatic heterocycles. The fourth-order valence-electron chi connectivity index (χ4n) is 3.49. The van der Waals surface area contributed by atoms with E-state index in [9.17, 15) is 4.79 Å². The number of hydrogen-bond donors (Lipinski definition) is 1. The Labute approximate surface area is 172 Å². The summed E-state index contributed by atoms with van der Waals surface area (Å²) in [6.45, 7) is 3.97. The van der Waals surface area contributed by atoms with Crippen molar-refractivity contribution in [1.82, 2.24) is 4.90 Å². The number of amides is 1. The van der Waals surface area contributed by atoms with Crippen molar-refractivity contribution >= 4 is 11.6 Å². The summed E-state index contributed by atoms with van der Waals surface area (Å²) in [6, 6.07) is 14.8. The quantitative estimate of drug-likeness (QED) is 0.775. The van der Waals surface area contributed by atoms with Gasteiger partial charge in [0, 0.05) is 25.2 Å². The monoisotopic (exact) mass is 393 g/mol. The molecule has 1 aliphatic heterocycles. The van der Waals surface area contributed by atoms with Crippen molar-refractivity contribution in [3.8, 4) is 17.6 Å². The maximum Gasteiger partial charge on any atom is 0.224 e. The van der Waals surface area contributed by atoms with Gasteiger partial charge in [-0.3, -0.25) is 4.79 Å². The Morgan fingerprint density at radius 2 is 2.03 bits per heavy atom. The second kappa shape index (κ2) is 9.44. The lowest BCUT2D eigenvalue weighted by Gasteiger charge is -2.18. The number of carbonyl (C=O) groups is 1. The molecular weight excluding hydrogens is 366 g/mol. The lowest BCUT2D eigenvalue weighted by atomic mass is 9.97. The van der Waals surface area contributed by atoms with Crippen LogP contribution in [0.15, 0.2) is 42.5 Å². The Balaban J connectivity index is 1.61. The van der Waals surface area contributed by atoms with E-state index >= 15 is 0 Å². The molecule has 1 aliphatic rings. The predicted molar refractivity (Wildman–Crippen MR) is 112 cm³/mol. The number of nitrogens with zero attached hydrogens (tertiary/aromatic N) is 2. The fraction of sp³-hybridized carbons (Fsp3) is 0.391. The van der Waals surface area contributed by atoms with Crippen molar-refractivity contribution in [2.24, 2.45) is 0 Å². The third-order valence-electron chi connectivity index (χ3n) is 5.19. The van der Waals surface area contributed by atoms with Crippen LogP contribution in [0.1, 0.15) is 36.8 Å². The van der Waals surface area contributed by atoms with Crippen LogP contribution >= 0.6 is 0 Å². The molecule has 1 heterocycles. The highest BCUT2D eigenvalue weighted by atomic mass is 16.5. The molecule has 2 atom stereocenters. The first kappa shape index (κ1) is 20.7. The molecule has 0 radical (unpaired) electrons. The second-order valence-electron chi connectivity index (χ2n) is 7.54. The zero-order valence-electron chi connectivity index (χ0n) is 17.1. The van der Waals surface area contributed by atoms with E-state index in [2.05, 4.69) is 23.3 Å². The lowest BCUT2D eigenvalue weighted by molar-refractivity contribution is -0.116. The molecule has 0 aliphatic carbocycles. The Bertz CT molecular complexity index is 889. The van der Waals surface area contributed by atoms with E-state index in [-0.39, 0.29) is 17.9 Å². The number of nitrogens with one attached hydrogen (secondary N) is 1. The van der Waals surface area contributed by atoms with Gasteiger partial charge < -0.3 is 19.7 Å². The number of benzene rings is 2. The summed E-state index contributed by atoms with van der Waals surface area (Å²) in [6.07, 6.45) is 1.53. The Morgan fingerprint density at radius 3 is 2.66 bits per heavy atom. The Hall–Kier alpha value is -3.04. The van der Waals surface area contributed by atoms with Gasteiger partial charge in [0.25, 0.3) is 0 Å². The van der Waals surface area contributed by atoms with Crippen molar-refractivity contribution in [3.05, 3.63) is 53.6 Å². The van der Waals surface area contributed by atoms with Crippen LogP contribution in [0.25, 0.3) is 0 Å². The first-order valence-electron chi connectivity index (χ1n) is 9.81. The van der Waals surface area contributed by atoms with Gasteiger partial charge in [-0.1, -0.05) is 13.0 Å². The molecule has 3 rings (SSSR count). The minimum atomic E-state index is -0.0736. The number of likely N-dealkylation sites (tertiary alicyclic amines) is 1. The number of ether oxygens (including phenoxy) is 2. The number of carbonyl (C=O) groups excluding carboxylic acids is 1. The number of rotatable bonds is 7. The van der Waals surface area contributed by atoms with E-state index in [0.29, 0.717) is 23.4 Å². The molecule has 0 bridgehead atoms. The second-order valence-corrected chi connectivity index (χ2v) is 7.54. The van der Waals surface area contributed by atoms with Gasteiger partial charge in [-0.25, -0.2) is 0 Å². The van der Waals surface area contributed by atoms with Crippen LogP contribution in [0.2, 0.25) is 0 Å². The largest absolute Gasteiger partial charge is 0.493 e. The smallest absolute Gasteiger partial charge is 0.224 e. The normalized spacial score (nSPS) is 17.4. The summed E-state index contributed by atoms with van der Waals surface area (Å²) >= 11 is 0. The first-order valence-corrected chi connectivity index (χ1v) is 9.81. The van der Waals surface area contributed by atoms with Gasteiger partial charge in [-0.2, -0.15) is 5.26 Å². The van der Waals surface area contributed by atoms with Crippen LogP contribution in [0.4, 0.5) is 5.69 Å². The number of likely N-dealkylation sites (N-methyl/N-ethyl adjacent to an activating group) is 1. The molecule has 1 fully saturated rings. The Morgan fingerprint density at radius 1 is 1.28 bits per heavy atom. The van der Waals surface area contributed by atoms with Gasteiger partial charge in [-0.15, -0.1) is 0 Å². The van der Waals surface area contributed by atoms with Crippen LogP contribution in [0.5, 0.6) is 11.5 Å². The molecule has 2 unspecified atom stereocenters. The molecule has 0 spiro atoms. The summed E-state index contributed by atoms with van der Waals surface area (Å²) < 4.78 is 11.6. The molecular formula is C23H27N3O3. The third kappa shape index (κ3) is 5.49. The Kier molecular flexibility index (Phi) is 6.73. The van der Waals surface area contributed by atoms with Gasteiger partial charge in [0.2, 0.25) is 5.91 Å². The van der Waals surface area contributed by atoms with Crippen molar-refractivity contribution in [2.75, 3.05) is 32.6 Å².